The lowest BCUT2D eigenvalue weighted by atomic mass is 9.79. The fraction of sp³-hybridized carbons (Fsp3) is 1.00. The highest BCUT2D eigenvalue weighted by atomic mass is 19.1. The first kappa shape index (κ1) is 8.94. The second-order valence-corrected chi connectivity index (χ2v) is 3.64. The van der Waals surface area contributed by atoms with Crippen molar-refractivity contribution in [2.24, 2.45) is 11.5 Å². The van der Waals surface area contributed by atoms with Crippen LogP contribution >= 0.6 is 0 Å². The van der Waals surface area contributed by atoms with Crippen molar-refractivity contribution in [2.45, 2.75) is 43.7 Å². The predicted molar refractivity (Wildman–Crippen MR) is 44.0 cm³/mol. The highest BCUT2D eigenvalue weighted by molar-refractivity contribution is 4.90. The summed E-state index contributed by atoms with van der Waals surface area (Å²) in [5, 5.41) is 0. The normalized spacial score (nSPS) is 39.0. The Morgan fingerprint density at radius 1 is 1.36 bits per heavy atom. The van der Waals surface area contributed by atoms with Gasteiger partial charge in [0.05, 0.1) is 6.67 Å². The highest BCUT2D eigenvalue weighted by Crippen LogP contribution is 2.27. The third-order valence-corrected chi connectivity index (χ3v) is 2.62. The smallest absolute Gasteiger partial charge is 0.0911 e. The highest BCUT2D eigenvalue weighted by Gasteiger charge is 2.29. The zero-order chi connectivity index (χ0) is 8.32. The van der Waals surface area contributed by atoms with Gasteiger partial charge in [-0.25, -0.2) is 0 Å². The van der Waals surface area contributed by atoms with Crippen LogP contribution in [-0.4, -0.2) is 18.3 Å². The largest absolute Gasteiger partial charge is 0.328 e. The van der Waals surface area contributed by atoms with E-state index < -0.39 is 0 Å². The van der Waals surface area contributed by atoms with Crippen molar-refractivity contribution in [3.63, 3.8) is 0 Å². The molecule has 3 heteroatoms. The van der Waals surface area contributed by atoms with Gasteiger partial charge in [0.25, 0.3) is 0 Å². The lowest BCUT2D eigenvalue weighted by Crippen LogP contribution is -2.46. The molecular weight excluding hydrogens is 143 g/mol. The second-order valence-electron chi connectivity index (χ2n) is 3.64. The van der Waals surface area contributed by atoms with E-state index in [9.17, 15) is 4.39 Å². The van der Waals surface area contributed by atoms with Crippen LogP contribution in [0.2, 0.25) is 0 Å². The van der Waals surface area contributed by atoms with Crippen LogP contribution < -0.4 is 11.5 Å². The lowest BCUT2D eigenvalue weighted by Gasteiger charge is -2.35. The summed E-state index contributed by atoms with van der Waals surface area (Å²) in [6, 6.07) is 0.297. The monoisotopic (exact) mass is 160 g/mol. The Bertz CT molecular complexity index is 119. The van der Waals surface area contributed by atoms with Crippen molar-refractivity contribution in [3.05, 3.63) is 0 Å². The maximum absolute atomic E-state index is 12.0. The van der Waals surface area contributed by atoms with Crippen LogP contribution in [-0.2, 0) is 0 Å². The number of rotatable bonds is 2. The van der Waals surface area contributed by atoms with E-state index >= 15 is 0 Å². The Hall–Kier alpha value is -0.150. The zero-order valence-corrected chi connectivity index (χ0v) is 6.85. The summed E-state index contributed by atoms with van der Waals surface area (Å²) in [4.78, 5) is 0. The number of hydrogen-bond donors (Lipinski definition) is 2. The molecule has 0 amide bonds. The third-order valence-electron chi connectivity index (χ3n) is 2.62. The Labute approximate surface area is 67.1 Å². The van der Waals surface area contributed by atoms with Crippen molar-refractivity contribution >= 4 is 0 Å². The van der Waals surface area contributed by atoms with E-state index in [1.54, 1.807) is 0 Å². The summed E-state index contributed by atoms with van der Waals surface area (Å²) in [6.07, 6.45) is 4.18. The molecule has 0 saturated heterocycles. The van der Waals surface area contributed by atoms with Gasteiger partial charge in [0.2, 0.25) is 0 Å². The van der Waals surface area contributed by atoms with Crippen molar-refractivity contribution in [1.82, 2.24) is 0 Å². The lowest BCUT2D eigenvalue weighted by molar-refractivity contribution is 0.237. The van der Waals surface area contributed by atoms with Gasteiger partial charge in [-0.1, -0.05) is 0 Å². The van der Waals surface area contributed by atoms with Crippen molar-refractivity contribution in [2.75, 3.05) is 6.67 Å². The van der Waals surface area contributed by atoms with E-state index in [-0.39, 0.29) is 12.2 Å². The molecule has 0 aromatic rings. The van der Waals surface area contributed by atoms with E-state index in [0.717, 1.165) is 25.7 Å². The van der Waals surface area contributed by atoms with E-state index in [1.165, 1.54) is 0 Å². The summed E-state index contributed by atoms with van der Waals surface area (Å²) >= 11 is 0. The zero-order valence-electron chi connectivity index (χ0n) is 6.85. The molecule has 0 spiro atoms. The van der Waals surface area contributed by atoms with Gasteiger partial charge in [-0.05, 0) is 32.1 Å². The minimum absolute atomic E-state index is 0.245. The molecule has 0 heterocycles. The summed E-state index contributed by atoms with van der Waals surface area (Å²) in [5.41, 5.74) is 11.4. The van der Waals surface area contributed by atoms with Crippen LogP contribution in [0.1, 0.15) is 32.1 Å². The standard InChI is InChI=1S/C8H17FN2/c9-6-5-8(11)3-1-7(10)2-4-8/h7H,1-6,10-11H2. The summed E-state index contributed by atoms with van der Waals surface area (Å²) in [5.74, 6) is 0. The van der Waals surface area contributed by atoms with Crippen LogP contribution in [0.4, 0.5) is 4.39 Å². The van der Waals surface area contributed by atoms with Crippen LogP contribution in [0.5, 0.6) is 0 Å². The summed E-state index contributed by atoms with van der Waals surface area (Å²) in [6.45, 7) is -0.300. The summed E-state index contributed by atoms with van der Waals surface area (Å²) < 4.78 is 12.0. The van der Waals surface area contributed by atoms with Crippen molar-refractivity contribution in [1.29, 1.82) is 0 Å². The molecule has 0 aromatic heterocycles. The summed E-state index contributed by atoms with van der Waals surface area (Å²) in [7, 11) is 0. The van der Waals surface area contributed by atoms with E-state index in [2.05, 4.69) is 0 Å². The van der Waals surface area contributed by atoms with Gasteiger partial charge in [-0.2, -0.15) is 0 Å². The number of alkyl halides is 1. The molecule has 4 N–H and O–H groups in total. The van der Waals surface area contributed by atoms with Crippen LogP contribution in [0.25, 0.3) is 0 Å². The van der Waals surface area contributed by atoms with Crippen molar-refractivity contribution < 1.29 is 4.39 Å². The van der Waals surface area contributed by atoms with Crippen LogP contribution in [0, 0.1) is 0 Å². The molecular formula is C8H17FN2. The maximum Gasteiger partial charge on any atom is 0.0911 e. The van der Waals surface area contributed by atoms with Gasteiger partial charge in [-0.3, -0.25) is 4.39 Å². The first-order valence-electron chi connectivity index (χ1n) is 4.27. The predicted octanol–water partition coefficient (Wildman–Crippen LogP) is 0.945. The molecule has 1 saturated carbocycles. The van der Waals surface area contributed by atoms with Gasteiger partial charge >= 0.3 is 0 Å². The minimum atomic E-state index is -0.300. The number of nitrogens with two attached hydrogens (primary N) is 2. The second kappa shape index (κ2) is 3.50. The fourth-order valence-corrected chi connectivity index (χ4v) is 1.65. The van der Waals surface area contributed by atoms with E-state index in [4.69, 9.17) is 11.5 Å². The minimum Gasteiger partial charge on any atom is -0.328 e. The van der Waals surface area contributed by atoms with Gasteiger partial charge < -0.3 is 11.5 Å². The Balaban J connectivity index is 2.35. The molecule has 1 aliphatic carbocycles. The topological polar surface area (TPSA) is 52.0 Å². The molecule has 0 aromatic carbocycles. The fourth-order valence-electron chi connectivity index (χ4n) is 1.65. The van der Waals surface area contributed by atoms with E-state index in [1.807, 2.05) is 0 Å². The van der Waals surface area contributed by atoms with Gasteiger partial charge in [0.15, 0.2) is 0 Å². The SMILES string of the molecule is NC1CCC(N)(CCF)CC1. The Morgan fingerprint density at radius 2 is 1.91 bits per heavy atom. The van der Waals surface area contributed by atoms with Crippen molar-refractivity contribution in [3.8, 4) is 0 Å². The molecule has 1 rings (SSSR count). The first-order valence-corrected chi connectivity index (χ1v) is 4.27. The molecule has 0 atom stereocenters. The molecule has 0 unspecified atom stereocenters. The Morgan fingerprint density at radius 3 is 2.36 bits per heavy atom. The van der Waals surface area contributed by atoms with Gasteiger partial charge in [0.1, 0.15) is 0 Å². The van der Waals surface area contributed by atoms with Gasteiger partial charge in [-0.15, -0.1) is 0 Å². The quantitative estimate of drug-likeness (QED) is 0.631. The Kier molecular flexibility index (Phi) is 2.84. The van der Waals surface area contributed by atoms with Gasteiger partial charge in [0, 0.05) is 11.6 Å². The molecule has 66 valence electrons. The maximum atomic E-state index is 12.0. The number of halogens is 1. The average molecular weight is 160 g/mol. The molecule has 1 fully saturated rings. The average Bonchev–Trinajstić information content (AvgIpc) is 1.97. The van der Waals surface area contributed by atoms with Crippen LogP contribution in [0.3, 0.4) is 0 Å². The first-order chi connectivity index (χ1) is 5.16. The molecule has 1 aliphatic rings. The molecule has 0 bridgehead atoms. The third kappa shape index (κ3) is 2.42. The molecule has 2 nitrogen and oxygen atoms in total. The molecule has 0 radical (unpaired) electrons. The van der Waals surface area contributed by atoms with Crippen LogP contribution in [0.15, 0.2) is 0 Å². The number of hydrogen-bond acceptors (Lipinski definition) is 2. The molecule has 11 heavy (non-hydrogen) atoms. The molecule has 0 aliphatic heterocycles. The van der Waals surface area contributed by atoms with E-state index in [0.29, 0.717) is 12.5 Å².